The second-order valence-electron chi connectivity index (χ2n) is 7.97. The Morgan fingerprint density at radius 2 is 2.10 bits per heavy atom. The summed E-state index contributed by atoms with van der Waals surface area (Å²) >= 11 is 0. The molecule has 0 bridgehead atoms. The maximum Gasteiger partial charge on any atom is 0.265 e. The van der Waals surface area contributed by atoms with Crippen molar-refractivity contribution in [3.05, 3.63) is 48.0 Å². The third-order valence-electron chi connectivity index (χ3n) is 5.98. The van der Waals surface area contributed by atoms with Crippen molar-refractivity contribution in [2.45, 2.75) is 19.9 Å². The summed E-state index contributed by atoms with van der Waals surface area (Å²) in [6.07, 6.45) is 2.57. The molecule has 0 spiro atoms. The minimum absolute atomic E-state index is 0.0542. The lowest BCUT2D eigenvalue weighted by molar-refractivity contribution is -0.121. The third-order valence-corrected chi connectivity index (χ3v) is 5.98. The number of pyridine rings is 1. The summed E-state index contributed by atoms with van der Waals surface area (Å²) in [5.74, 6) is 0.346. The highest BCUT2D eigenvalue weighted by atomic mass is 19.1. The van der Waals surface area contributed by atoms with E-state index in [2.05, 4.69) is 10.2 Å². The van der Waals surface area contributed by atoms with E-state index < -0.39 is 0 Å². The number of likely N-dealkylation sites (N-methyl/N-ethyl adjacent to an activating group) is 1. The number of carbonyl (C=O) groups is 1. The van der Waals surface area contributed by atoms with Gasteiger partial charge in [-0.15, -0.1) is 0 Å². The van der Waals surface area contributed by atoms with Crippen LogP contribution < -0.4 is 15.0 Å². The monoisotopic (exact) mass is 423 g/mol. The van der Waals surface area contributed by atoms with E-state index in [1.165, 1.54) is 12.3 Å². The number of rotatable bonds is 4. The smallest absolute Gasteiger partial charge is 0.265 e. The molecule has 5 rings (SSSR count). The van der Waals surface area contributed by atoms with Crippen molar-refractivity contribution in [1.82, 2.24) is 19.6 Å². The summed E-state index contributed by atoms with van der Waals surface area (Å²) in [4.78, 5) is 21.3. The minimum atomic E-state index is -0.295. The molecular formula is C23H26FN5O2. The number of hydrogen-bond donors (Lipinski definition) is 1. The van der Waals surface area contributed by atoms with Gasteiger partial charge in [0, 0.05) is 37.9 Å². The minimum Gasteiger partial charge on any atom is -0.482 e. The van der Waals surface area contributed by atoms with Gasteiger partial charge in [-0.3, -0.25) is 14.1 Å². The van der Waals surface area contributed by atoms with Crippen LogP contribution in [0, 0.1) is 5.82 Å². The zero-order chi connectivity index (χ0) is 21.4. The molecule has 0 radical (unpaired) electrons. The van der Waals surface area contributed by atoms with Crippen LogP contribution in [0.4, 0.5) is 10.1 Å². The number of amides is 1. The van der Waals surface area contributed by atoms with Crippen molar-refractivity contribution >= 4 is 17.2 Å². The fourth-order valence-corrected chi connectivity index (χ4v) is 4.42. The highest BCUT2D eigenvalue weighted by Gasteiger charge is 2.26. The van der Waals surface area contributed by atoms with E-state index >= 15 is 0 Å². The van der Waals surface area contributed by atoms with E-state index in [0.29, 0.717) is 24.5 Å². The molecule has 3 aromatic rings. The Morgan fingerprint density at radius 3 is 2.97 bits per heavy atom. The molecule has 2 aliphatic rings. The maximum atomic E-state index is 14.1. The van der Waals surface area contributed by atoms with Crippen LogP contribution in [0.15, 0.2) is 36.5 Å². The second-order valence-corrected chi connectivity index (χ2v) is 7.97. The Hall–Kier alpha value is -2.97. The number of hydrogen-bond acceptors (Lipinski definition) is 5. The molecule has 1 amide bonds. The number of nitrogens with one attached hydrogen (secondary N) is 1. The van der Waals surface area contributed by atoms with Crippen LogP contribution in [0.2, 0.25) is 0 Å². The Kier molecular flexibility index (Phi) is 5.33. The number of imidazole rings is 1. The quantitative estimate of drug-likeness (QED) is 0.699. The number of halogens is 1. The Labute approximate surface area is 180 Å². The van der Waals surface area contributed by atoms with Gasteiger partial charge in [0.2, 0.25) is 0 Å². The largest absolute Gasteiger partial charge is 0.482 e. The summed E-state index contributed by atoms with van der Waals surface area (Å²) in [6.45, 7) is 7.10. The van der Waals surface area contributed by atoms with E-state index in [9.17, 15) is 9.18 Å². The number of carbonyl (C=O) groups excluding carboxylic acids is 1. The number of benzene rings is 1. The molecule has 0 saturated carbocycles. The van der Waals surface area contributed by atoms with E-state index in [-0.39, 0.29) is 18.3 Å². The lowest BCUT2D eigenvalue weighted by Gasteiger charge is -2.28. The Balaban J connectivity index is 1.61. The van der Waals surface area contributed by atoms with Gasteiger partial charge in [-0.25, -0.2) is 9.37 Å². The molecule has 2 aromatic heterocycles. The number of fused-ring (bicyclic) bond motifs is 2. The first kappa shape index (κ1) is 20.0. The lowest BCUT2D eigenvalue weighted by Crippen LogP contribution is -2.38. The molecule has 2 aliphatic heterocycles. The molecule has 0 unspecified atom stereocenters. The van der Waals surface area contributed by atoms with Crippen LogP contribution in [-0.4, -0.2) is 59.5 Å². The predicted molar refractivity (Wildman–Crippen MR) is 117 cm³/mol. The zero-order valence-corrected chi connectivity index (χ0v) is 17.6. The molecule has 8 heteroatoms. The summed E-state index contributed by atoms with van der Waals surface area (Å²) in [6, 6.07) is 8.96. The molecule has 7 nitrogen and oxygen atoms in total. The fraction of sp³-hybridized carbons (Fsp3) is 0.391. The SMILES string of the molecule is CCN1C(=O)COc2ccc(-c3nc4ccc(F)cn4c3CN3CCCNCC3)cc21. The summed E-state index contributed by atoms with van der Waals surface area (Å²) in [5, 5.41) is 3.42. The van der Waals surface area contributed by atoms with Crippen LogP contribution in [-0.2, 0) is 11.3 Å². The molecular weight excluding hydrogens is 397 g/mol. The van der Waals surface area contributed by atoms with E-state index in [1.54, 1.807) is 11.0 Å². The van der Waals surface area contributed by atoms with E-state index in [0.717, 1.165) is 55.2 Å². The van der Waals surface area contributed by atoms with Crippen LogP contribution in [0.1, 0.15) is 19.0 Å². The highest BCUT2D eigenvalue weighted by molar-refractivity contribution is 5.98. The van der Waals surface area contributed by atoms with Gasteiger partial charge < -0.3 is 15.0 Å². The average Bonchev–Trinajstić information content (AvgIpc) is 2.94. The topological polar surface area (TPSA) is 62.1 Å². The lowest BCUT2D eigenvalue weighted by atomic mass is 10.1. The van der Waals surface area contributed by atoms with Gasteiger partial charge in [-0.2, -0.15) is 0 Å². The van der Waals surface area contributed by atoms with Crippen molar-refractivity contribution in [2.24, 2.45) is 0 Å². The van der Waals surface area contributed by atoms with Gasteiger partial charge in [-0.05, 0) is 56.8 Å². The van der Waals surface area contributed by atoms with Gasteiger partial charge >= 0.3 is 0 Å². The van der Waals surface area contributed by atoms with Crippen molar-refractivity contribution in [2.75, 3.05) is 44.2 Å². The summed E-state index contributed by atoms with van der Waals surface area (Å²) in [7, 11) is 0. The first-order valence-electron chi connectivity index (χ1n) is 10.8. The third kappa shape index (κ3) is 3.77. The van der Waals surface area contributed by atoms with Gasteiger partial charge in [0.1, 0.15) is 17.2 Å². The first-order chi connectivity index (χ1) is 15.1. The normalized spacial score (nSPS) is 17.5. The van der Waals surface area contributed by atoms with Crippen molar-refractivity contribution in [3.8, 4) is 17.0 Å². The van der Waals surface area contributed by atoms with Crippen molar-refractivity contribution < 1.29 is 13.9 Å². The highest BCUT2D eigenvalue weighted by Crippen LogP contribution is 2.37. The summed E-state index contributed by atoms with van der Waals surface area (Å²) in [5.41, 5.74) is 4.10. The van der Waals surface area contributed by atoms with Crippen LogP contribution >= 0.6 is 0 Å². The first-order valence-corrected chi connectivity index (χ1v) is 10.8. The molecule has 1 saturated heterocycles. The maximum absolute atomic E-state index is 14.1. The molecule has 0 aliphatic carbocycles. The second kappa shape index (κ2) is 8.28. The summed E-state index contributed by atoms with van der Waals surface area (Å²) < 4.78 is 21.6. The van der Waals surface area contributed by atoms with Crippen LogP contribution in [0.5, 0.6) is 5.75 Å². The van der Waals surface area contributed by atoms with Crippen molar-refractivity contribution in [3.63, 3.8) is 0 Å². The van der Waals surface area contributed by atoms with Crippen LogP contribution in [0.3, 0.4) is 0 Å². The van der Waals surface area contributed by atoms with Gasteiger partial charge in [-0.1, -0.05) is 0 Å². The number of ether oxygens (including phenoxy) is 1. The predicted octanol–water partition coefficient (Wildman–Crippen LogP) is 2.68. The molecule has 4 heterocycles. The zero-order valence-electron chi connectivity index (χ0n) is 17.6. The molecule has 1 N–H and O–H groups in total. The standard InChI is InChI=1S/C23H26FN5O2/c1-2-28-18-12-16(4-6-20(18)31-15-22(28)30)23-19(14-27-10-3-8-25-9-11-27)29-13-17(24)5-7-21(29)26-23/h4-7,12-13,25H,2-3,8-11,14-15H2,1H3. The molecule has 1 aromatic carbocycles. The van der Waals surface area contributed by atoms with Crippen LogP contribution in [0.25, 0.3) is 16.9 Å². The van der Waals surface area contributed by atoms with E-state index in [4.69, 9.17) is 9.72 Å². The molecule has 0 atom stereocenters. The number of anilines is 1. The molecule has 31 heavy (non-hydrogen) atoms. The number of aromatic nitrogens is 2. The van der Waals surface area contributed by atoms with Gasteiger partial charge in [0.05, 0.1) is 17.1 Å². The van der Waals surface area contributed by atoms with Crippen molar-refractivity contribution in [1.29, 1.82) is 0 Å². The molecule has 1 fully saturated rings. The van der Waals surface area contributed by atoms with Gasteiger partial charge in [0.25, 0.3) is 5.91 Å². The fourth-order valence-electron chi connectivity index (χ4n) is 4.42. The number of nitrogens with zero attached hydrogens (tertiary/aromatic N) is 4. The average molecular weight is 423 g/mol. The van der Waals surface area contributed by atoms with E-state index in [1.807, 2.05) is 29.5 Å². The Bertz CT molecular complexity index is 1120. The Morgan fingerprint density at radius 1 is 1.19 bits per heavy atom. The molecule has 162 valence electrons. The van der Waals surface area contributed by atoms with Gasteiger partial charge in [0.15, 0.2) is 6.61 Å².